The SMILES string of the molecule is CCNCc1ccccc1NC(=O)CNS(=O)(=O)c1cccs1.Cl. The van der Waals surface area contributed by atoms with E-state index in [0.29, 0.717) is 12.2 Å². The van der Waals surface area contributed by atoms with Crippen molar-refractivity contribution in [2.24, 2.45) is 0 Å². The maximum absolute atomic E-state index is 12.0. The summed E-state index contributed by atoms with van der Waals surface area (Å²) in [5.41, 5.74) is 1.62. The van der Waals surface area contributed by atoms with Gasteiger partial charge in [0.1, 0.15) is 4.21 Å². The van der Waals surface area contributed by atoms with Gasteiger partial charge in [0.2, 0.25) is 5.91 Å². The number of amides is 1. The number of sulfonamides is 1. The van der Waals surface area contributed by atoms with Gasteiger partial charge in [0.15, 0.2) is 0 Å². The van der Waals surface area contributed by atoms with Gasteiger partial charge in [-0.2, -0.15) is 0 Å². The zero-order valence-corrected chi connectivity index (χ0v) is 15.6. The third kappa shape index (κ3) is 5.88. The molecule has 0 aliphatic carbocycles. The Morgan fingerprint density at radius 2 is 1.92 bits per heavy atom. The highest BCUT2D eigenvalue weighted by molar-refractivity contribution is 7.91. The lowest BCUT2D eigenvalue weighted by Gasteiger charge is -2.11. The second kappa shape index (κ2) is 9.75. The molecule has 0 aliphatic rings. The van der Waals surface area contributed by atoms with Crippen LogP contribution in [0, 0.1) is 0 Å². The second-order valence-electron chi connectivity index (χ2n) is 4.74. The first-order valence-electron chi connectivity index (χ1n) is 7.14. The molecule has 24 heavy (non-hydrogen) atoms. The summed E-state index contributed by atoms with van der Waals surface area (Å²) >= 11 is 1.11. The predicted octanol–water partition coefficient (Wildman–Crippen LogP) is 2.20. The Bertz CT molecular complexity index is 749. The lowest BCUT2D eigenvalue weighted by atomic mass is 10.1. The van der Waals surface area contributed by atoms with Crippen LogP contribution >= 0.6 is 23.7 Å². The van der Waals surface area contributed by atoms with Crippen molar-refractivity contribution in [2.45, 2.75) is 17.7 Å². The highest BCUT2D eigenvalue weighted by Gasteiger charge is 2.16. The highest BCUT2D eigenvalue weighted by Crippen LogP contribution is 2.16. The summed E-state index contributed by atoms with van der Waals surface area (Å²) in [6.45, 7) is 3.15. The zero-order chi connectivity index (χ0) is 16.7. The minimum absolute atomic E-state index is 0. The topological polar surface area (TPSA) is 87.3 Å². The number of benzene rings is 1. The molecule has 6 nitrogen and oxygen atoms in total. The number of rotatable bonds is 8. The van der Waals surface area contributed by atoms with E-state index in [4.69, 9.17) is 0 Å². The fraction of sp³-hybridized carbons (Fsp3) is 0.267. The van der Waals surface area contributed by atoms with Gasteiger partial charge in [-0.3, -0.25) is 4.79 Å². The highest BCUT2D eigenvalue weighted by atomic mass is 35.5. The van der Waals surface area contributed by atoms with Gasteiger partial charge in [-0.05, 0) is 29.6 Å². The molecule has 0 saturated carbocycles. The number of carbonyl (C=O) groups is 1. The fourth-order valence-corrected chi connectivity index (χ4v) is 3.92. The minimum atomic E-state index is -3.63. The van der Waals surface area contributed by atoms with Gasteiger partial charge >= 0.3 is 0 Å². The Labute approximate surface area is 152 Å². The summed E-state index contributed by atoms with van der Waals surface area (Å²) in [5.74, 6) is -0.408. The molecule has 0 saturated heterocycles. The second-order valence-corrected chi connectivity index (χ2v) is 7.68. The summed E-state index contributed by atoms with van der Waals surface area (Å²) in [6, 6.07) is 10.6. The first kappa shape index (κ1) is 20.6. The molecule has 9 heteroatoms. The van der Waals surface area contributed by atoms with Crippen molar-refractivity contribution in [3.05, 3.63) is 47.3 Å². The van der Waals surface area contributed by atoms with E-state index in [9.17, 15) is 13.2 Å². The molecule has 1 aromatic heterocycles. The lowest BCUT2D eigenvalue weighted by molar-refractivity contribution is -0.115. The van der Waals surface area contributed by atoms with Crippen LogP contribution in [0.4, 0.5) is 5.69 Å². The van der Waals surface area contributed by atoms with E-state index in [0.717, 1.165) is 23.4 Å². The van der Waals surface area contributed by atoms with E-state index >= 15 is 0 Å². The van der Waals surface area contributed by atoms with Crippen molar-refractivity contribution < 1.29 is 13.2 Å². The largest absolute Gasteiger partial charge is 0.325 e. The van der Waals surface area contributed by atoms with Crippen molar-refractivity contribution in [3.63, 3.8) is 0 Å². The van der Waals surface area contributed by atoms with Gasteiger partial charge in [0.25, 0.3) is 10.0 Å². The monoisotopic (exact) mass is 389 g/mol. The molecule has 0 aliphatic heterocycles. The third-order valence-electron chi connectivity index (χ3n) is 3.04. The molecule has 0 bridgehead atoms. The van der Waals surface area contributed by atoms with Gasteiger partial charge in [0.05, 0.1) is 6.54 Å². The number of nitrogens with one attached hydrogen (secondary N) is 3. The van der Waals surface area contributed by atoms with Crippen molar-refractivity contribution in [3.8, 4) is 0 Å². The van der Waals surface area contributed by atoms with Gasteiger partial charge in [-0.15, -0.1) is 23.7 Å². The molecule has 2 aromatic rings. The molecule has 2 rings (SSSR count). The number of para-hydroxylation sites is 1. The van der Waals surface area contributed by atoms with Crippen LogP contribution in [0.15, 0.2) is 46.0 Å². The van der Waals surface area contributed by atoms with Crippen LogP contribution in [0.25, 0.3) is 0 Å². The van der Waals surface area contributed by atoms with Crippen LogP contribution in [0.1, 0.15) is 12.5 Å². The molecule has 1 aromatic carbocycles. The third-order valence-corrected chi connectivity index (χ3v) is 5.84. The summed E-state index contributed by atoms with van der Waals surface area (Å²) in [4.78, 5) is 12.0. The van der Waals surface area contributed by atoms with E-state index in [1.165, 1.54) is 6.07 Å². The normalized spacial score (nSPS) is 10.9. The Hall–Kier alpha value is -1.45. The molecular formula is C15H20ClN3O3S2. The summed E-state index contributed by atoms with van der Waals surface area (Å²) in [7, 11) is -3.63. The first-order valence-corrected chi connectivity index (χ1v) is 9.51. The smallest absolute Gasteiger partial charge is 0.250 e. The molecule has 0 unspecified atom stereocenters. The fourth-order valence-electron chi connectivity index (χ4n) is 1.90. The Morgan fingerprint density at radius 3 is 2.58 bits per heavy atom. The van der Waals surface area contributed by atoms with Crippen LogP contribution in [-0.2, 0) is 21.4 Å². The number of hydrogen-bond donors (Lipinski definition) is 3. The molecule has 0 fully saturated rings. The standard InChI is InChI=1S/C15H19N3O3S2.ClH/c1-2-16-10-12-6-3-4-7-13(12)18-14(19)11-17-23(20,21)15-8-5-9-22-15;/h3-9,16-17H,2,10-11H2,1H3,(H,18,19);1H. The van der Waals surface area contributed by atoms with Crippen molar-refractivity contribution >= 4 is 45.4 Å². The van der Waals surface area contributed by atoms with Crippen LogP contribution < -0.4 is 15.4 Å². The molecule has 132 valence electrons. The molecular weight excluding hydrogens is 370 g/mol. The van der Waals surface area contributed by atoms with E-state index < -0.39 is 15.9 Å². The van der Waals surface area contributed by atoms with Crippen molar-refractivity contribution in [1.29, 1.82) is 0 Å². The zero-order valence-electron chi connectivity index (χ0n) is 13.1. The molecule has 0 radical (unpaired) electrons. The Morgan fingerprint density at radius 1 is 1.17 bits per heavy atom. The number of halogens is 1. The van der Waals surface area contributed by atoms with Crippen molar-refractivity contribution in [2.75, 3.05) is 18.4 Å². The molecule has 3 N–H and O–H groups in total. The number of anilines is 1. The van der Waals surface area contributed by atoms with Crippen LogP contribution in [0.5, 0.6) is 0 Å². The predicted molar refractivity (Wildman–Crippen MR) is 99.2 cm³/mol. The van der Waals surface area contributed by atoms with Gasteiger partial charge < -0.3 is 10.6 Å². The minimum Gasteiger partial charge on any atom is -0.325 e. The molecule has 0 atom stereocenters. The van der Waals surface area contributed by atoms with E-state index in [1.807, 2.05) is 25.1 Å². The maximum atomic E-state index is 12.0. The molecule has 0 spiro atoms. The number of carbonyl (C=O) groups excluding carboxylic acids is 1. The first-order chi connectivity index (χ1) is 11.0. The Kier molecular flexibility index (Phi) is 8.37. The number of hydrogen-bond acceptors (Lipinski definition) is 5. The van der Waals surface area contributed by atoms with Crippen LogP contribution in [0.3, 0.4) is 0 Å². The van der Waals surface area contributed by atoms with Crippen LogP contribution in [0.2, 0.25) is 0 Å². The lowest BCUT2D eigenvalue weighted by Crippen LogP contribution is -2.32. The van der Waals surface area contributed by atoms with E-state index in [1.54, 1.807) is 17.5 Å². The molecule has 1 heterocycles. The maximum Gasteiger partial charge on any atom is 0.250 e. The molecule has 1 amide bonds. The van der Waals surface area contributed by atoms with E-state index in [2.05, 4.69) is 15.4 Å². The Balaban J connectivity index is 0.00000288. The van der Waals surface area contributed by atoms with Crippen molar-refractivity contribution in [1.82, 2.24) is 10.0 Å². The summed E-state index contributed by atoms with van der Waals surface area (Å²) in [5, 5.41) is 7.60. The van der Waals surface area contributed by atoms with Gasteiger partial charge in [-0.1, -0.05) is 31.2 Å². The summed E-state index contributed by atoms with van der Waals surface area (Å²) < 4.78 is 26.4. The summed E-state index contributed by atoms with van der Waals surface area (Å²) in [6.07, 6.45) is 0. The van der Waals surface area contributed by atoms with Crippen LogP contribution in [-0.4, -0.2) is 27.4 Å². The van der Waals surface area contributed by atoms with E-state index in [-0.39, 0.29) is 23.2 Å². The average Bonchev–Trinajstić information content (AvgIpc) is 3.08. The number of thiophene rings is 1. The quantitative estimate of drug-likeness (QED) is 0.645. The van der Waals surface area contributed by atoms with Gasteiger partial charge in [-0.25, -0.2) is 13.1 Å². The van der Waals surface area contributed by atoms with Gasteiger partial charge in [0, 0.05) is 12.2 Å². The average molecular weight is 390 g/mol.